The molecular formula is C15H20ClNO6. The molecule has 7 nitrogen and oxygen atoms in total. The van der Waals surface area contributed by atoms with Crippen molar-refractivity contribution in [2.24, 2.45) is 0 Å². The van der Waals surface area contributed by atoms with Crippen LogP contribution in [0.4, 0.5) is 0 Å². The van der Waals surface area contributed by atoms with Gasteiger partial charge >= 0.3 is 5.97 Å². The van der Waals surface area contributed by atoms with E-state index in [2.05, 4.69) is 5.32 Å². The van der Waals surface area contributed by atoms with Crippen molar-refractivity contribution in [1.29, 1.82) is 0 Å². The fourth-order valence-electron chi connectivity index (χ4n) is 1.75. The van der Waals surface area contributed by atoms with Crippen LogP contribution in [-0.4, -0.2) is 50.5 Å². The van der Waals surface area contributed by atoms with Crippen LogP contribution in [0.3, 0.4) is 0 Å². The molecule has 1 rings (SSSR count). The molecule has 2 N–H and O–H groups in total. The number of carbonyl (C=O) groups excluding carboxylic acids is 1. The summed E-state index contributed by atoms with van der Waals surface area (Å²) in [5.41, 5.74) is 0.232. The standard InChI is InChI=1S/C15H20ClNO6/c1-4-5-23-13-10(16)6-9(7-11(13)21-2)14(18)17-8-12(22-3)15(19)20/h6-7,12H,4-5,8H2,1-3H3,(H,17,18)(H,19,20). The maximum Gasteiger partial charge on any atom is 0.334 e. The molecule has 1 atom stereocenters. The Labute approximate surface area is 139 Å². The van der Waals surface area contributed by atoms with Crippen molar-refractivity contribution in [3.05, 3.63) is 22.7 Å². The maximum absolute atomic E-state index is 12.1. The molecule has 1 aromatic rings. The second-order valence-electron chi connectivity index (χ2n) is 4.61. The third-order valence-electron chi connectivity index (χ3n) is 2.95. The number of nitrogens with one attached hydrogen (secondary N) is 1. The van der Waals surface area contributed by atoms with Crippen molar-refractivity contribution in [3.63, 3.8) is 0 Å². The summed E-state index contributed by atoms with van der Waals surface area (Å²) in [6.07, 6.45) is -0.321. The third-order valence-corrected chi connectivity index (χ3v) is 3.23. The van der Waals surface area contributed by atoms with Crippen LogP contribution in [0.1, 0.15) is 23.7 Å². The van der Waals surface area contributed by atoms with Crippen molar-refractivity contribution in [2.45, 2.75) is 19.4 Å². The predicted octanol–water partition coefficient (Wildman–Crippen LogP) is 1.97. The molecule has 1 unspecified atom stereocenters. The maximum atomic E-state index is 12.1. The lowest BCUT2D eigenvalue weighted by Crippen LogP contribution is -2.37. The zero-order valence-corrected chi connectivity index (χ0v) is 14.0. The molecule has 23 heavy (non-hydrogen) atoms. The number of aliphatic carboxylic acids is 1. The number of carboxylic acids is 1. The summed E-state index contributed by atoms with van der Waals surface area (Å²) in [5, 5.41) is 11.6. The van der Waals surface area contributed by atoms with Gasteiger partial charge in [-0.1, -0.05) is 18.5 Å². The summed E-state index contributed by atoms with van der Waals surface area (Å²) >= 11 is 6.13. The van der Waals surface area contributed by atoms with E-state index in [1.54, 1.807) is 0 Å². The number of methoxy groups -OCH3 is 2. The van der Waals surface area contributed by atoms with Gasteiger partial charge in [-0.3, -0.25) is 4.79 Å². The fourth-order valence-corrected chi connectivity index (χ4v) is 2.02. The number of hydrogen-bond acceptors (Lipinski definition) is 5. The fraction of sp³-hybridized carbons (Fsp3) is 0.467. The van der Waals surface area contributed by atoms with E-state index in [0.29, 0.717) is 18.1 Å². The van der Waals surface area contributed by atoms with Crippen LogP contribution in [0.5, 0.6) is 11.5 Å². The highest BCUT2D eigenvalue weighted by Gasteiger charge is 2.20. The number of carbonyl (C=O) groups is 2. The van der Waals surface area contributed by atoms with E-state index in [9.17, 15) is 9.59 Å². The number of halogens is 1. The molecule has 0 bridgehead atoms. The molecular weight excluding hydrogens is 326 g/mol. The summed E-state index contributed by atoms with van der Waals surface area (Å²) < 4.78 is 15.4. The Morgan fingerprint density at radius 2 is 2.04 bits per heavy atom. The van der Waals surface area contributed by atoms with Crippen LogP contribution in [0.25, 0.3) is 0 Å². The molecule has 0 spiro atoms. The highest BCUT2D eigenvalue weighted by Crippen LogP contribution is 2.36. The number of hydrogen-bond donors (Lipinski definition) is 2. The van der Waals surface area contributed by atoms with Crippen LogP contribution < -0.4 is 14.8 Å². The first kappa shape index (κ1) is 19.1. The lowest BCUT2D eigenvalue weighted by atomic mass is 10.1. The first-order valence-electron chi connectivity index (χ1n) is 6.98. The van der Waals surface area contributed by atoms with Gasteiger partial charge in [0.2, 0.25) is 0 Å². The average Bonchev–Trinajstić information content (AvgIpc) is 2.53. The minimum atomic E-state index is -1.16. The van der Waals surface area contributed by atoms with Crippen molar-refractivity contribution >= 4 is 23.5 Å². The Bertz CT molecular complexity index is 563. The van der Waals surface area contributed by atoms with Gasteiger partial charge in [-0.25, -0.2) is 4.79 Å². The number of amides is 1. The van der Waals surface area contributed by atoms with Crippen molar-refractivity contribution in [3.8, 4) is 11.5 Å². The van der Waals surface area contributed by atoms with E-state index in [1.807, 2.05) is 6.92 Å². The molecule has 0 saturated carbocycles. The summed E-state index contributed by atoms with van der Waals surface area (Å²) in [6, 6.07) is 2.92. The van der Waals surface area contributed by atoms with Crippen molar-refractivity contribution < 1.29 is 28.9 Å². The van der Waals surface area contributed by atoms with E-state index >= 15 is 0 Å². The van der Waals surface area contributed by atoms with Crippen LogP contribution in [0, 0.1) is 0 Å². The smallest absolute Gasteiger partial charge is 0.334 e. The molecule has 1 aromatic carbocycles. The second kappa shape index (κ2) is 9.22. The van der Waals surface area contributed by atoms with Crippen LogP contribution in [-0.2, 0) is 9.53 Å². The lowest BCUT2D eigenvalue weighted by molar-refractivity contribution is -0.148. The van der Waals surface area contributed by atoms with Gasteiger partial charge in [0, 0.05) is 12.7 Å². The summed E-state index contributed by atoms with van der Waals surface area (Å²) in [7, 11) is 2.70. The molecule has 0 aliphatic rings. The molecule has 0 radical (unpaired) electrons. The Morgan fingerprint density at radius 3 is 2.57 bits per heavy atom. The highest BCUT2D eigenvalue weighted by atomic mass is 35.5. The van der Waals surface area contributed by atoms with E-state index < -0.39 is 18.0 Å². The van der Waals surface area contributed by atoms with Gasteiger partial charge in [0.25, 0.3) is 5.91 Å². The molecule has 0 heterocycles. The van der Waals surface area contributed by atoms with Gasteiger partial charge in [0.15, 0.2) is 17.6 Å². The largest absolute Gasteiger partial charge is 0.493 e. The number of ether oxygens (including phenoxy) is 3. The monoisotopic (exact) mass is 345 g/mol. The van der Waals surface area contributed by atoms with Crippen LogP contribution in [0.2, 0.25) is 5.02 Å². The molecule has 0 fully saturated rings. The minimum Gasteiger partial charge on any atom is -0.493 e. The van der Waals surface area contributed by atoms with Crippen LogP contribution in [0.15, 0.2) is 12.1 Å². The Morgan fingerprint density at radius 1 is 1.35 bits per heavy atom. The topological polar surface area (TPSA) is 94.1 Å². The first-order valence-corrected chi connectivity index (χ1v) is 7.36. The van der Waals surface area contributed by atoms with Gasteiger partial charge in [-0.05, 0) is 18.6 Å². The molecule has 1 amide bonds. The van der Waals surface area contributed by atoms with E-state index in [4.69, 9.17) is 30.9 Å². The van der Waals surface area contributed by atoms with Gasteiger partial charge < -0.3 is 24.6 Å². The predicted molar refractivity (Wildman–Crippen MR) is 84.6 cm³/mol. The number of benzene rings is 1. The molecule has 0 aromatic heterocycles. The summed E-state index contributed by atoms with van der Waals surface area (Å²) in [4.78, 5) is 23.0. The lowest BCUT2D eigenvalue weighted by Gasteiger charge is -2.15. The van der Waals surface area contributed by atoms with Gasteiger partial charge in [-0.15, -0.1) is 0 Å². The van der Waals surface area contributed by atoms with Crippen molar-refractivity contribution in [2.75, 3.05) is 27.4 Å². The SMILES string of the molecule is CCCOc1c(Cl)cc(C(=O)NCC(OC)C(=O)O)cc1OC. The van der Waals surface area contributed by atoms with E-state index in [0.717, 1.165) is 6.42 Å². The highest BCUT2D eigenvalue weighted by molar-refractivity contribution is 6.32. The molecule has 0 aliphatic carbocycles. The zero-order chi connectivity index (χ0) is 17.4. The third kappa shape index (κ3) is 5.30. The summed E-state index contributed by atoms with van der Waals surface area (Å²) in [6.45, 7) is 2.26. The molecule has 0 saturated heterocycles. The Balaban J connectivity index is 2.89. The number of carboxylic acid groups (broad SMARTS) is 1. The molecule has 0 aliphatic heterocycles. The average molecular weight is 346 g/mol. The van der Waals surface area contributed by atoms with E-state index in [1.165, 1.54) is 26.4 Å². The first-order chi connectivity index (χ1) is 10.9. The molecule has 128 valence electrons. The van der Waals surface area contributed by atoms with Crippen LogP contribution >= 0.6 is 11.6 Å². The van der Waals surface area contributed by atoms with Gasteiger partial charge in [0.05, 0.1) is 25.3 Å². The van der Waals surface area contributed by atoms with Gasteiger partial charge in [0.1, 0.15) is 0 Å². The number of rotatable bonds is 9. The van der Waals surface area contributed by atoms with Crippen molar-refractivity contribution in [1.82, 2.24) is 5.32 Å². The Kier molecular flexibility index (Phi) is 7.64. The Hall–Kier alpha value is -1.99. The minimum absolute atomic E-state index is 0.168. The quantitative estimate of drug-likeness (QED) is 0.710. The summed E-state index contributed by atoms with van der Waals surface area (Å²) in [5.74, 6) is -0.951. The van der Waals surface area contributed by atoms with Gasteiger partial charge in [-0.2, -0.15) is 0 Å². The normalized spacial score (nSPS) is 11.7. The van der Waals surface area contributed by atoms with E-state index in [-0.39, 0.29) is 17.1 Å². The second-order valence-corrected chi connectivity index (χ2v) is 5.02. The zero-order valence-electron chi connectivity index (χ0n) is 13.2. The molecule has 8 heteroatoms.